The van der Waals surface area contributed by atoms with Crippen LogP contribution >= 0.6 is 0 Å². The van der Waals surface area contributed by atoms with Crippen molar-refractivity contribution in [2.45, 2.75) is 19.6 Å². The molecule has 2 aromatic carbocycles. The lowest BCUT2D eigenvalue weighted by Crippen LogP contribution is -2.39. The average molecular weight is 383 g/mol. The molecule has 0 spiro atoms. The molecule has 0 radical (unpaired) electrons. The van der Waals surface area contributed by atoms with E-state index in [1.54, 1.807) is 0 Å². The summed E-state index contributed by atoms with van der Waals surface area (Å²) in [7, 11) is 0. The number of morpholine rings is 1. The maximum Gasteiger partial charge on any atom is 0.188 e. The molecule has 28 heavy (non-hydrogen) atoms. The molecule has 1 aliphatic rings. The molecule has 1 saturated heterocycles. The second kappa shape index (κ2) is 11.3. The van der Waals surface area contributed by atoms with Gasteiger partial charge in [-0.25, -0.2) is 4.99 Å². The van der Waals surface area contributed by atoms with Gasteiger partial charge < -0.3 is 20.5 Å². The molecule has 6 heteroatoms. The summed E-state index contributed by atoms with van der Waals surface area (Å²) >= 11 is 0. The maximum absolute atomic E-state index is 5.96. The van der Waals surface area contributed by atoms with Crippen LogP contribution in [0.25, 0.3) is 0 Å². The topological polar surface area (TPSA) is 72.1 Å². The zero-order valence-corrected chi connectivity index (χ0v) is 16.3. The van der Waals surface area contributed by atoms with E-state index in [1.807, 2.05) is 42.5 Å². The Kier molecular flexibility index (Phi) is 8.15. The number of ether oxygens (including phenoxy) is 2. The second-order valence-electron chi connectivity index (χ2n) is 6.85. The van der Waals surface area contributed by atoms with Gasteiger partial charge in [-0.2, -0.15) is 0 Å². The van der Waals surface area contributed by atoms with Crippen molar-refractivity contribution in [3.63, 3.8) is 0 Å². The first-order valence-electron chi connectivity index (χ1n) is 9.89. The molecule has 0 aliphatic carbocycles. The number of hydrogen-bond donors (Lipinski definition) is 2. The number of nitrogens with one attached hydrogen (secondary N) is 1. The molecule has 0 bridgehead atoms. The van der Waals surface area contributed by atoms with Crippen LogP contribution in [0.4, 0.5) is 0 Å². The first kappa shape index (κ1) is 20.2. The molecule has 6 nitrogen and oxygen atoms in total. The minimum atomic E-state index is 0.492. The Bertz CT molecular complexity index is 713. The van der Waals surface area contributed by atoms with Crippen molar-refractivity contribution < 1.29 is 9.47 Å². The fourth-order valence-corrected chi connectivity index (χ4v) is 3.01. The van der Waals surface area contributed by atoms with Crippen molar-refractivity contribution in [1.82, 2.24) is 10.2 Å². The van der Waals surface area contributed by atoms with Gasteiger partial charge in [-0.05, 0) is 36.2 Å². The van der Waals surface area contributed by atoms with Crippen LogP contribution in [0.3, 0.4) is 0 Å². The fourth-order valence-electron chi connectivity index (χ4n) is 3.01. The summed E-state index contributed by atoms with van der Waals surface area (Å²) in [4.78, 5) is 6.83. The Balaban J connectivity index is 1.33. The Morgan fingerprint density at radius 2 is 1.79 bits per heavy atom. The Morgan fingerprint density at radius 3 is 2.54 bits per heavy atom. The molecule has 2 aromatic rings. The van der Waals surface area contributed by atoms with E-state index in [1.165, 1.54) is 0 Å². The van der Waals surface area contributed by atoms with Gasteiger partial charge in [-0.1, -0.05) is 42.5 Å². The van der Waals surface area contributed by atoms with Crippen molar-refractivity contribution in [3.8, 4) is 5.75 Å². The highest BCUT2D eigenvalue weighted by molar-refractivity contribution is 5.77. The van der Waals surface area contributed by atoms with Crippen LogP contribution in [0.5, 0.6) is 5.75 Å². The molecular formula is C22H30N4O2. The third kappa shape index (κ3) is 7.21. The van der Waals surface area contributed by atoms with Crippen molar-refractivity contribution in [3.05, 3.63) is 65.7 Å². The zero-order chi connectivity index (χ0) is 19.4. The van der Waals surface area contributed by atoms with E-state index in [9.17, 15) is 0 Å². The van der Waals surface area contributed by atoms with Gasteiger partial charge in [0, 0.05) is 19.6 Å². The van der Waals surface area contributed by atoms with Crippen LogP contribution in [0.2, 0.25) is 0 Å². The van der Waals surface area contributed by atoms with Gasteiger partial charge in [0.15, 0.2) is 5.96 Å². The lowest BCUT2D eigenvalue weighted by molar-refractivity contribution is 0.0376. The van der Waals surface area contributed by atoms with E-state index >= 15 is 0 Å². The number of nitrogens with zero attached hydrogens (tertiary/aromatic N) is 2. The summed E-state index contributed by atoms with van der Waals surface area (Å²) in [6.45, 7) is 6.75. The number of rotatable bonds is 9. The summed E-state index contributed by atoms with van der Waals surface area (Å²) in [5.41, 5.74) is 8.22. The van der Waals surface area contributed by atoms with Crippen LogP contribution in [-0.4, -0.2) is 50.3 Å². The SMILES string of the molecule is NC(=NCc1ccc(OCc2ccccc2)cc1)NCCCN1CCOCC1. The van der Waals surface area contributed by atoms with E-state index in [2.05, 4.69) is 27.3 Å². The molecule has 3 rings (SSSR count). The summed E-state index contributed by atoms with van der Waals surface area (Å²) < 4.78 is 11.2. The molecule has 1 fully saturated rings. The van der Waals surface area contributed by atoms with Gasteiger partial charge in [0.25, 0.3) is 0 Å². The van der Waals surface area contributed by atoms with Gasteiger partial charge in [0.05, 0.1) is 19.8 Å². The van der Waals surface area contributed by atoms with Crippen LogP contribution in [0, 0.1) is 0 Å². The number of benzene rings is 2. The number of nitrogens with two attached hydrogens (primary N) is 1. The van der Waals surface area contributed by atoms with Gasteiger partial charge in [0.1, 0.15) is 12.4 Å². The third-order valence-electron chi connectivity index (χ3n) is 4.66. The molecule has 0 aromatic heterocycles. The van der Waals surface area contributed by atoms with Crippen molar-refractivity contribution in [2.24, 2.45) is 10.7 Å². The minimum absolute atomic E-state index is 0.492. The average Bonchev–Trinajstić information content (AvgIpc) is 2.76. The summed E-state index contributed by atoms with van der Waals surface area (Å²) in [6.07, 6.45) is 1.05. The van der Waals surface area contributed by atoms with Gasteiger partial charge in [-0.3, -0.25) is 4.90 Å². The van der Waals surface area contributed by atoms with Gasteiger partial charge in [0.2, 0.25) is 0 Å². The van der Waals surface area contributed by atoms with E-state index < -0.39 is 0 Å². The largest absolute Gasteiger partial charge is 0.489 e. The summed E-state index contributed by atoms with van der Waals surface area (Å²) in [5, 5.41) is 3.19. The predicted octanol–water partition coefficient (Wildman–Crippen LogP) is 2.39. The number of guanidine groups is 1. The molecule has 0 saturated carbocycles. The quantitative estimate of drug-likeness (QED) is 0.396. The summed E-state index contributed by atoms with van der Waals surface area (Å²) in [5.74, 6) is 1.34. The molecule has 0 unspecified atom stereocenters. The number of aliphatic imine (C=N–C) groups is 1. The molecule has 150 valence electrons. The Hall–Kier alpha value is -2.57. The molecule has 0 amide bonds. The standard InChI is InChI=1S/C22H30N4O2/c23-22(24-11-4-12-26-13-15-27-16-14-26)25-17-19-7-9-21(10-8-19)28-18-20-5-2-1-3-6-20/h1-3,5-10H,4,11-18H2,(H3,23,24,25). The summed E-state index contributed by atoms with van der Waals surface area (Å²) in [6, 6.07) is 18.1. The maximum atomic E-state index is 5.96. The normalized spacial score (nSPS) is 15.4. The van der Waals surface area contributed by atoms with Crippen molar-refractivity contribution in [1.29, 1.82) is 0 Å². The van der Waals surface area contributed by atoms with Crippen LogP contribution in [0.1, 0.15) is 17.5 Å². The lowest BCUT2D eigenvalue weighted by Gasteiger charge is -2.26. The lowest BCUT2D eigenvalue weighted by atomic mass is 10.2. The molecule has 1 heterocycles. The van der Waals surface area contributed by atoms with E-state index in [0.717, 1.165) is 62.7 Å². The van der Waals surface area contributed by atoms with Crippen molar-refractivity contribution in [2.75, 3.05) is 39.4 Å². The van der Waals surface area contributed by atoms with Crippen molar-refractivity contribution >= 4 is 5.96 Å². The highest BCUT2D eigenvalue weighted by atomic mass is 16.5. The first-order chi connectivity index (χ1) is 13.8. The molecule has 0 atom stereocenters. The zero-order valence-electron chi connectivity index (χ0n) is 16.3. The van der Waals surface area contributed by atoms with E-state index in [0.29, 0.717) is 19.1 Å². The smallest absolute Gasteiger partial charge is 0.188 e. The predicted molar refractivity (Wildman–Crippen MR) is 112 cm³/mol. The third-order valence-corrected chi connectivity index (χ3v) is 4.66. The van der Waals surface area contributed by atoms with Gasteiger partial charge in [-0.15, -0.1) is 0 Å². The fraction of sp³-hybridized carbons (Fsp3) is 0.409. The number of hydrogen-bond acceptors (Lipinski definition) is 4. The Labute approximate surface area is 167 Å². The monoisotopic (exact) mass is 382 g/mol. The highest BCUT2D eigenvalue weighted by Gasteiger charge is 2.08. The Morgan fingerprint density at radius 1 is 1.04 bits per heavy atom. The minimum Gasteiger partial charge on any atom is -0.489 e. The first-order valence-corrected chi connectivity index (χ1v) is 9.89. The molecule has 1 aliphatic heterocycles. The van der Waals surface area contributed by atoms with E-state index in [-0.39, 0.29) is 0 Å². The highest BCUT2D eigenvalue weighted by Crippen LogP contribution is 2.14. The van der Waals surface area contributed by atoms with E-state index in [4.69, 9.17) is 15.2 Å². The molecular weight excluding hydrogens is 352 g/mol. The van der Waals surface area contributed by atoms with Crippen LogP contribution < -0.4 is 15.8 Å². The molecule has 3 N–H and O–H groups in total. The van der Waals surface area contributed by atoms with Gasteiger partial charge >= 0.3 is 0 Å². The van der Waals surface area contributed by atoms with Crippen LogP contribution in [-0.2, 0) is 17.9 Å². The second-order valence-corrected chi connectivity index (χ2v) is 6.85. The van der Waals surface area contributed by atoms with Crippen LogP contribution in [0.15, 0.2) is 59.6 Å².